The van der Waals surface area contributed by atoms with Crippen LogP contribution >= 0.6 is 0 Å². The van der Waals surface area contributed by atoms with Crippen molar-refractivity contribution in [1.29, 1.82) is 5.26 Å². The molecule has 0 saturated carbocycles. The zero-order chi connectivity index (χ0) is 11.0. The van der Waals surface area contributed by atoms with Gasteiger partial charge in [-0.15, -0.1) is 0 Å². The van der Waals surface area contributed by atoms with Gasteiger partial charge in [-0.3, -0.25) is 4.79 Å². The average molecular weight is 198 g/mol. The Morgan fingerprint density at radius 2 is 2.21 bits per heavy atom. The summed E-state index contributed by atoms with van der Waals surface area (Å²) in [6.07, 6.45) is -0.0452. The second-order valence-corrected chi connectivity index (χ2v) is 3.56. The van der Waals surface area contributed by atoms with E-state index < -0.39 is 0 Å². The lowest BCUT2D eigenvalue weighted by molar-refractivity contribution is -0.131. The van der Waals surface area contributed by atoms with Crippen LogP contribution in [0.15, 0.2) is 0 Å². The molecule has 0 aliphatic carbocycles. The maximum Gasteiger partial charge on any atom is 0.236 e. The van der Waals surface area contributed by atoms with Crippen LogP contribution in [0, 0.1) is 17.2 Å². The monoisotopic (exact) mass is 198 g/mol. The number of hydrogen-bond acceptors (Lipinski definition) is 3. The van der Waals surface area contributed by atoms with Gasteiger partial charge in [0.05, 0.1) is 12.7 Å². The Morgan fingerprint density at radius 1 is 1.57 bits per heavy atom. The van der Waals surface area contributed by atoms with E-state index in [1.165, 1.54) is 0 Å². The predicted octanol–water partition coefficient (Wildman–Crippen LogP) is 1.03. The van der Waals surface area contributed by atoms with E-state index in [1.807, 2.05) is 19.9 Å². The molecule has 4 nitrogen and oxygen atoms in total. The SMILES string of the molecule is COCCN(CC(C)C)C(=O)CC#N. The molecule has 0 rings (SSSR count). The van der Waals surface area contributed by atoms with Crippen molar-refractivity contribution >= 4 is 5.91 Å². The van der Waals surface area contributed by atoms with Gasteiger partial charge in [-0.05, 0) is 5.92 Å². The van der Waals surface area contributed by atoms with Gasteiger partial charge in [0.15, 0.2) is 0 Å². The third kappa shape index (κ3) is 5.55. The first-order valence-electron chi connectivity index (χ1n) is 4.75. The van der Waals surface area contributed by atoms with Crippen LogP contribution in [0.4, 0.5) is 0 Å². The molecule has 0 radical (unpaired) electrons. The van der Waals surface area contributed by atoms with E-state index in [9.17, 15) is 4.79 Å². The third-order valence-corrected chi connectivity index (χ3v) is 1.73. The molecule has 14 heavy (non-hydrogen) atoms. The standard InChI is InChI=1S/C10H18N2O2/c1-9(2)8-12(6-7-14-3)10(13)4-5-11/h9H,4,6-8H2,1-3H3. The highest BCUT2D eigenvalue weighted by Gasteiger charge is 2.13. The number of amides is 1. The summed E-state index contributed by atoms with van der Waals surface area (Å²) in [6.45, 7) is 5.85. The van der Waals surface area contributed by atoms with Crippen molar-refractivity contribution in [2.45, 2.75) is 20.3 Å². The van der Waals surface area contributed by atoms with Crippen molar-refractivity contribution in [3.63, 3.8) is 0 Å². The molecule has 0 unspecified atom stereocenters. The van der Waals surface area contributed by atoms with Crippen LogP contribution in [-0.2, 0) is 9.53 Å². The minimum Gasteiger partial charge on any atom is -0.383 e. The maximum atomic E-state index is 11.4. The molecule has 1 amide bonds. The van der Waals surface area contributed by atoms with E-state index in [1.54, 1.807) is 12.0 Å². The Hall–Kier alpha value is -1.08. The molecule has 0 N–H and O–H groups in total. The summed E-state index contributed by atoms with van der Waals surface area (Å²) in [6, 6.07) is 1.87. The first kappa shape index (κ1) is 12.9. The summed E-state index contributed by atoms with van der Waals surface area (Å²) in [4.78, 5) is 13.1. The van der Waals surface area contributed by atoms with Crippen LogP contribution in [-0.4, -0.2) is 37.6 Å². The largest absolute Gasteiger partial charge is 0.383 e. The lowest BCUT2D eigenvalue weighted by Crippen LogP contribution is -2.36. The number of nitrogens with zero attached hydrogens (tertiary/aromatic N) is 2. The van der Waals surface area contributed by atoms with Gasteiger partial charge in [-0.2, -0.15) is 5.26 Å². The number of methoxy groups -OCH3 is 1. The van der Waals surface area contributed by atoms with Crippen LogP contribution in [0.3, 0.4) is 0 Å². The van der Waals surface area contributed by atoms with Crippen molar-refractivity contribution in [1.82, 2.24) is 4.90 Å². The molecule has 0 heterocycles. The minimum atomic E-state index is -0.113. The van der Waals surface area contributed by atoms with E-state index >= 15 is 0 Å². The van der Waals surface area contributed by atoms with Crippen molar-refractivity contribution in [3.05, 3.63) is 0 Å². The minimum absolute atomic E-state index is 0.0452. The Balaban J connectivity index is 4.09. The maximum absolute atomic E-state index is 11.4. The topological polar surface area (TPSA) is 53.3 Å². The first-order valence-corrected chi connectivity index (χ1v) is 4.75. The molecule has 0 saturated heterocycles. The Morgan fingerprint density at radius 3 is 2.64 bits per heavy atom. The predicted molar refractivity (Wildman–Crippen MR) is 53.5 cm³/mol. The van der Waals surface area contributed by atoms with Crippen molar-refractivity contribution in [2.75, 3.05) is 26.8 Å². The second kappa shape index (κ2) is 7.34. The number of hydrogen-bond donors (Lipinski definition) is 0. The van der Waals surface area contributed by atoms with E-state index in [4.69, 9.17) is 10.00 Å². The molecule has 0 aliphatic rings. The van der Waals surface area contributed by atoms with Gasteiger partial charge in [0.25, 0.3) is 0 Å². The molecule has 0 aliphatic heterocycles. The lowest BCUT2D eigenvalue weighted by Gasteiger charge is -2.23. The molecular weight excluding hydrogens is 180 g/mol. The molecule has 0 spiro atoms. The Bertz CT molecular complexity index is 209. The number of rotatable bonds is 6. The average Bonchev–Trinajstić information content (AvgIpc) is 2.12. The van der Waals surface area contributed by atoms with Gasteiger partial charge in [-0.1, -0.05) is 13.8 Å². The normalized spacial score (nSPS) is 9.93. The van der Waals surface area contributed by atoms with E-state index in [0.717, 1.165) is 0 Å². The van der Waals surface area contributed by atoms with E-state index in [-0.39, 0.29) is 12.3 Å². The van der Waals surface area contributed by atoms with Gasteiger partial charge in [0.2, 0.25) is 5.91 Å². The molecule has 0 fully saturated rings. The summed E-state index contributed by atoms with van der Waals surface area (Å²) in [5, 5.41) is 8.42. The molecule has 0 aromatic carbocycles. The van der Waals surface area contributed by atoms with Crippen molar-refractivity contribution < 1.29 is 9.53 Å². The number of carbonyl (C=O) groups excluding carboxylic acids is 1. The van der Waals surface area contributed by atoms with Crippen LogP contribution in [0.2, 0.25) is 0 Å². The van der Waals surface area contributed by atoms with Crippen LogP contribution < -0.4 is 0 Å². The summed E-state index contributed by atoms with van der Waals surface area (Å²) in [5.74, 6) is 0.299. The molecule has 0 aromatic heterocycles. The molecule has 0 atom stereocenters. The van der Waals surface area contributed by atoms with Crippen LogP contribution in [0.25, 0.3) is 0 Å². The molecule has 80 valence electrons. The Kier molecular flexibility index (Phi) is 6.77. The van der Waals surface area contributed by atoms with Gasteiger partial charge in [0, 0.05) is 20.2 Å². The highest BCUT2D eigenvalue weighted by atomic mass is 16.5. The molecule has 0 bridgehead atoms. The van der Waals surface area contributed by atoms with Gasteiger partial charge >= 0.3 is 0 Å². The zero-order valence-corrected chi connectivity index (χ0v) is 9.12. The fourth-order valence-corrected chi connectivity index (χ4v) is 1.14. The lowest BCUT2D eigenvalue weighted by atomic mass is 10.2. The number of carbonyl (C=O) groups is 1. The van der Waals surface area contributed by atoms with E-state index in [2.05, 4.69) is 0 Å². The smallest absolute Gasteiger partial charge is 0.236 e. The molecular formula is C10H18N2O2. The summed E-state index contributed by atoms with van der Waals surface area (Å²) in [7, 11) is 1.60. The summed E-state index contributed by atoms with van der Waals surface area (Å²) < 4.78 is 4.91. The van der Waals surface area contributed by atoms with Gasteiger partial charge in [-0.25, -0.2) is 0 Å². The van der Waals surface area contributed by atoms with Crippen molar-refractivity contribution in [3.8, 4) is 6.07 Å². The van der Waals surface area contributed by atoms with Gasteiger partial charge < -0.3 is 9.64 Å². The zero-order valence-electron chi connectivity index (χ0n) is 9.12. The summed E-state index contributed by atoms with van der Waals surface area (Å²) >= 11 is 0. The second-order valence-electron chi connectivity index (χ2n) is 3.56. The molecule has 0 aromatic rings. The molecule has 4 heteroatoms. The van der Waals surface area contributed by atoms with Crippen molar-refractivity contribution in [2.24, 2.45) is 5.92 Å². The van der Waals surface area contributed by atoms with E-state index in [0.29, 0.717) is 25.6 Å². The summed E-state index contributed by atoms with van der Waals surface area (Å²) in [5.41, 5.74) is 0. The highest BCUT2D eigenvalue weighted by Crippen LogP contribution is 2.01. The van der Waals surface area contributed by atoms with Crippen LogP contribution in [0.5, 0.6) is 0 Å². The first-order chi connectivity index (χ1) is 6.61. The number of ether oxygens (including phenoxy) is 1. The fourth-order valence-electron chi connectivity index (χ4n) is 1.14. The highest BCUT2D eigenvalue weighted by molar-refractivity contribution is 5.78. The fraction of sp³-hybridized carbons (Fsp3) is 0.800. The number of nitriles is 1. The van der Waals surface area contributed by atoms with Crippen LogP contribution in [0.1, 0.15) is 20.3 Å². The van der Waals surface area contributed by atoms with Gasteiger partial charge in [0.1, 0.15) is 6.42 Å². The quantitative estimate of drug-likeness (QED) is 0.640. The third-order valence-electron chi connectivity index (χ3n) is 1.73. The Labute approximate surface area is 85.5 Å².